The van der Waals surface area contributed by atoms with Crippen molar-refractivity contribution in [2.75, 3.05) is 26.3 Å². The Bertz CT molecular complexity index is 3600. The molecule has 552 valence electrons. The van der Waals surface area contributed by atoms with Crippen LogP contribution in [-0.2, 0) is 52.6 Å². The number of hydrogen-bond donors (Lipinski definition) is 9. The number of fused-ring (bicyclic) bond motifs is 2. The molecule has 2 saturated heterocycles. The van der Waals surface area contributed by atoms with Gasteiger partial charge in [0.25, 0.3) is 11.8 Å². The molecular weight excluding hydrogens is 1430 g/mol. The normalized spacial score (nSPS) is 17.3. The van der Waals surface area contributed by atoms with Crippen LogP contribution in [-0.4, -0.2) is 175 Å². The molecule has 6 amide bonds. The van der Waals surface area contributed by atoms with Gasteiger partial charge in [-0.2, -0.15) is 0 Å². The van der Waals surface area contributed by atoms with E-state index in [1.165, 1.54) is 23.9 Å². The molecule has 0 unspecified atom stereocenters. The molecule has 33 heteroatoms. The van der Waals surface area contributed by atoms with Crippen LogP contribution in [0.5, 0.6) is 0 Å². The second kappa shape index (κ2) is 37.4. The number of aliphatic hydroxyl groups excluding tert-OH is 2. The molecule has 0 aliphatic carbocycles. The van der Waals surface area contributed by atoms with Gasteiger partial charge in [0.2, 0.25) is 25.3 Å². The second-order valence-electron chi connectivity index (χ2n) is 27.0. The number of rotatable bonds is 22. The highest BCUT2D eigenvalue weighted by Gasteiger charge is 2.38. The van der Waals surface area contributed by atoms with Crippen LogP contribution in [0.3, 0.4) is 0 Å². The molecule has 100 heavy (non-hydrogen) atoms. The molecular formula is C67H92Cl6N12O15. The molecule has 2 aliphatic rings. The number of nitrogens with one attached hydrogen (secondary N) is 6. The summed E-state index contributed by atoms with van der Waals surface area (Å²) in [7, 11) is 0. The number of nitrogens with zero attached hydrogens (tertiary/aromatic N) is 6. The Morgan fingerprint density at radius 3 is 1.29 bits per heavy atom. The molecule has 0 bridgehead atoms. The fraction of sp³-hybridized carbons (Fsp3) is 0.567. The molecule has 0 radical (unpaired) electrons. The van der Waals surface area contributed by atoms with Crippen molar-refractivity contribution in [1.82, 2.24) is 62.1 Å². The maximum atomic E-state index is 13.4. The Kier molecular flexibility index (Phi) is 32.0. The summed E-state index contributed by atoms with van der Waals surface area (Å²) < 4.78 is 11.7. The van der Waals surface area contributed by atoms with E-state index in [1.807, 2.05) is 24.3 Å². The van der Waals surface area contributed by atoms with Crippen molar-refractivity contribution >= 4 is 157 Å². The summed E-state index contributed by atoms with van der Waals surface area (Å²) in [5, 5.41) is 43.4. The zero-order valence-corrected chi connectivity index (χ0v) is 63.1. The molecule has 8 atom stereocenters. The molecule has 4 aromatic rings. The van der Waals surface area contributed by atoms with Crippen molar-refractivity contribution in [3.8, 4) is 0 Å². The summed E-state index contributed by atoms with van der Waals surface area (Å²) >= 11 is 33.7. The van der Waals surface area contributed by atoms with Crippen LogP contribution in [0.25, 0.3) is 34.0 Å². The maximum absolute atomic E-state index is 13.4. The van der Waals surface area contributed by atoms with Crippen LogP contribution in [0.1, 0.15) is 164 Å². The van der Waals surface area contributed by atoms with E-state index in [0.29, 0.717) is 61.2 Å². The van der Waals surface area contributed by atoms with Gasteiger partial charge in [-0.25, -0.2) is 15.6 Å². The average Bonchev–Trinajstić information content (AvgIpc) is 0.811. The lowest BCUT2D eigenvalue weighted by Crippen LogP contribution is -2.61. The predicted octanol–water partition coefficient (Wildman–Crippen LogP) is 9.03. The molecule has 6 heterocycles. The minimum absolute atomic E-state index is 0.259. The Balaban J connectivity index is 0.000000342. The first-order chi connectivity index (χ1) is 46.2. The molecule has 27 nitrogen and oxygen atoms in total. The lowest BCUT2D eigenvalue weighted by molar-refractivity contribution is -0.154. The highest BCUT2D eigenvalue weighted by molar-refractivity contribution is 6.68. The molecule has 0 aromatic carbocycles. The van der Waals surface area contributed by atoms with Crippen molar-refractivity contribution in [3.05, 3.63) is 83.7 Å². The first-order valence-electron chi connectivity index (χ1n) is 32.2. The molecule has 4 aromatic heterocycles. The largest absolute Gasteiger partial charge is 0.481 e. The van der Waals surface area contributed by atoms with Crippen LogP contribution in [0.15, 0.2) is 61.2 Å². The van der Waals surface area contributed by atoms with E-state index in [-0.39, 0.29) is 11.8 Å². The van der Waals surface area contributed by atoms with Gasteiger partial charge in [0.15, 0.2) is 0 Å². The van der Waals surface area contributed by atoms with Crippen molar-refractivity contribution in [3.63, 3.8) is 0 Å². The summed E-state index contributed by atoms with van der Waals surface area (Å²) in [5.41, 5.74) is 6.98. The third-order valence-electron chi connectivity index (χ3n) is 15.2. The van der Waals surface area contributed by atoms with E-state index < -0.39 is 139 Å². The lowest BCUT2D eigenvalue weighted by Gasteiger charge is -2.35. The number of carbonyl (C=O) groups is 9. The number of carboxylic acids is 1. The Labute approximate surface area is 612 Å². The number of aliphatic hydroxyl groups is 2. The molecule has 0 saturated carbocycles. The van der Waals surface area contributed by atoms with Gasteiger partial charge in [-0.05, 0) is 161 Å². The van der Waals surface area contributed by atoms with Crippen molar-refractivity contribution in [1.29, 1.82) is 0 Å². The van der Waals surface area contributed by atoms with Gasteiger partial charge in [0.05, 0.1) is 57.9 Å². The Morgan fingerprint density at radius 1 is 0.560 bits per heavy atom. The van der Waals surface area contributed by atoms with E-state index in [0.717, 1.165) is 21.9 Å². The third kappa shape index (κ3) is 28.2. The van der Waals surface area contributed by atoms with Gasteiger partial charge >= 0.3 is 24.0 Å². The van der Waals surface area contributed by atoms with Crippen LogP contribution in [0.2, 0.25) is 0 Å². The molecule has 0 spiro atoms. The number of alkyl halides is 6. The number of aromatic nitrogens is 4. The number of amides is 6. The molecule has 2 fully saturated rings. The summed E-state index contributed by atoms with van der Waals surface area (Å²) in [6.07, 6.45) is 13.1. The fourth-order valence-corrected chi connectivity index (χ4v) is 9.60. The van der Waals surface area contributed by atoms with Crippen LogP contribution >= 0.6 is 69.6 Å². The Morgan fingerprint density at radius 2 is 0.940 bits per heavy atom. The van der Waals surface area contributed by atoms with Gasteiger partial charge in [0.1, 0.15) is 55.1 Å². The van der Waals surface area contributed by atoms with Crippen LogP contribution in [0.4, 0.5) is 4.79 Å². The van der Waals surface area contributed by atoms with E-state index in [1.54, 1.807) is 139 Å². The van der Waals surface area contributed by atoms with Gasteiger partial charge in [-0.15, -0.1) is 0 Å². The number of esters is 2. The molecule has 2 aliphatic heterocycles. The minimum atomic E-state index is -1.76. The minimum Gasteiger partial charge on any atom is -0.481 e. The number of hydrazine groups is 2. The summed E-state index contributed by atoms with van der Waals surface area (Å²) in [6, 6.07) is 1.97. The molecule has 9 N–H and O–H groups in total. The zero-order valence-electron chi connectivity index (χ0n) is 58.6. The summed E-state index contributed by atoms with van der Waals surface area (Å²) in [6.45, 7) is 25.1. The Hall–Kier alpha value is -6.79. The van der Waals surface area contributed by atoms with Crippen molar-refractivity contribution in [2.24, 2.45) is 22.7 Å². The lowest BCUT2D eigenvalue weighted by atomic mass is 9.90. The number of carbonyl (C=O) groups excluding carboxylic acids is 8. The van der Waals surface area contributed by atoms with Gasteiger partial charge in [-0.1, -0.05) is 109 Å². The number of hydrogen-bond acceptors (Lipinski definition) is 20. The zero-order chi connectivity index (χ0) is 75.6. The fourth-order valence-electron chi connectivity index (χ4n) is 9.27. The monoisotopic (exact) mass is 1510 g/mol. The van der Waals surface area contributed by atoms with Gasteiger partial charge in [-0.3, -0.25) is 68.3 Å². The smallest absolute Gasteiger partial charge is 0.408 e. The SMILES string of the molecule is CC(C)[C@H](NC(=O)C(C)(C)/C=C/c1cc2cc([C@@H](C)O)cnc2cn1)C(=O)N[C@@H](C)C(=O)N1CCC[C@@H](C(=O)OCC(Cl)(Cl)Cl)N1.CC(C)[C@H](NC(=O)OC(C)(C)C)C(=O)N[C@@H](C)C(=O)N1CCC[C@@H](C(=O)OCC(Cl)(Cl)Cl)N1.C[C@@H](O)c1cnc2cnc(/C=C/C(C)(C)C(=O)O)cc2c1. The topological polar surface area (TPSA) is 372 Å². The summed E-state index contributed by atoms with van der Waals surface area (Å²) in [4.78, 5) is 130. The number of alkyl carbamates (subject to hydrolysis) is 1. The highest BCUT2D eigenvalue weighted by Crippen LogP contribution is 2.29. The maximum Gasteiger partial charge on any atom is 0.408 e. The summed E-state index contributed by atoms with van der Waals surface area (Å²) in [5.74, 6) is -5.16. The second-order valence-corrected chi connectivity index (χ2v) is 32.0. The number of pyridine rings is 4. The van der Waals surface area contributed by atoms with E-state index >= 15 is 0 Å². The first-order valence-corrected chi connectivity index (χ1v) is 34.5. The third-order valence-corrected chi connectivity index (χ3v) is 15.9. The molecule has 6 rings (SSSR count). The van der Waals surface area contributed by atoms with Crippen molar-refractivity contribution in [2.45, 2.75) is 191 Å². The van der Waals surface area contributed by atoms with Gasteiger partial charge in [0, 0.05) is 36.3 Å². The van der Waals surface area contributed by atoms with E-state index in [2.05, 4.69) is 52.1 Å². The number of ether oxygens (including phenoxy) is 3. The van der Waals surface area contributed by atoms with Crippen molar-refractivity contribution < 1.29 is 72.7 Å². The quantitative estimate of drug-likeness (QED) is 0.0201. The number of halogens is 6. The standard InChI is InChI=1S/C31H41Cl3N6O6.C20H33Cl3N4O6.C16H18N2O3/c1-17(2)25(26(42)37-18(3)27(43)40-11-7-8-23(39-40)28(44)46-16-31(32,33)34)38-29(45)30(5,6)10-9-22-13-20-12-21(19(4)41)14-36-24(20)15-35-22;1-11(2)14(25-18(31)33-19(4,5)6)15(28)24-12(3)16(29)27-9-7-8-13(26-27)17(30)32-10-20(21,22)23;1-10(19)12-6-11-7-13(17-9-14(11)18-8-12)4-5-16(2,3)15(20)21/h9-10,12-15,17-19,23,25,39,41H,7-8,11,16H2,1-6H3,(H,37,42)(H,38,45);11-14,26H,7-10H2,1-6H3,(H,24,28)(H,25,31);4-10,19H,1-3H3,(H,20,21)/b10-9+;;5-4+/t18-,19+,23-,25-;12-,13-,14-;10-/m001/s1. The predicted molar refractivity (Wildman–Crippen MR) is 382 cm³/mol. The van der Waals surface area contributed by atoms with E-state index in [4.69, 9.17) is 88.9 Å². The highest BCUT2D eigenvalue weighted by atomic mass is 35.6. The number of carboxylic acid groups (broad SMARTS) is 1. The van der Waals surface area contributed by atoms with Crippen LogP contribution in [0, 0.1) is 22.7 Å². The van der Waals surface area contributed by atoms with Crippen LogP contribution < -0.4 is 32.1 Å². The van der Waals surface area contributed by atoms with E-state index in [9.17, 15) is 53.4 Å². The number of aliphatic carboxylic acids is 1. The average molecular weight is 1520 g/mol. The van der Waals surface area contributed by atoms with Gasteiger partial charge < -0.3 is 50.8 Å². The first kappa shape index (κ1) is 85.6.